The standard InChI is InChI=1S/C17H14N4O4S2.K/c1-8-13(27-17(18-8)19-9(2)22)12-7-26-15(21-12)14(23)20-11-5-3-4-10(6-11)16(24)25;/h3-7H,1-2H3,(H,20,23)(H,24,25)(H,18,19,22);/q;+1/p-1. The van der Waals surface area contributed by atoms with E-state index in [1.807, 2.05) is 0 Å². The minimum Gasteiger partial charge on any atom is -0.545 e. The zero-order valence-electron chi connectivity index (χ0n) is 15.2. The molecule has 3 rings (SSSR count). The zero-order valence-corrected chi connectivity index (χ0v) is 20.0. The van der Waals surface area contributed by atoms with Crippen LogP contribution in [0, 0.1) is 6.92 Å². The van der Waals surface area contributed by atoms with E-state index in [2.05, 4.69) is 20.6 Å². The van der Waals surface area contributed by atoms with E-state index < -0.39 is 11.9 Å². The van der Waals surface area contributed by atoms with E-state index >= 15 is 0 Å². The smallest absolute Gasteiger partial charge is 0.545 e. The van der Waals surface area contributed by atoms with Gasteiger partial charge in [0.1, 0.15) is 0 Å². The molecule has 0 spiro atoms. The first kappa shape index (κ1) is 22.8. The average Bonchev–Trinajstić information content (AvgIpc) is 3.21. The number of carboxylic acid groups (broad SMARTS) is 1. The molecule has 0 aliphatic heterocycles. The molecule has 3 aromatic rings. The van der Waals surface area contributed by atoms with Crippen molar-refractivity contribution in [1.82, 2.24) is 9.97 Å². The van der Waals surface area contributed by atoms with Crippen LogP contribution in [-0.4, -0.2) is 27.8 Å². The number of carboxylic acids is 1. The molecule has 0 unspecified atom stereocenters. The Hall–Kier alpha value is -1.47. The summed E-state index contributed by atoms with van der Waals surface area (Å²) in [6.45, 7) is 3.19. The van der Waals surface area contributed by atoms with Crippen molar-refractivity contribution < 1.29 is 70.9 Å². The molecule has 0 fully saturated rings. The normalized spacial score (nSPS) is 10.1. The molecule has 0 saturated heterocycles. The maximum Gasteiger partial charge on any atom is 1.00 e. The van der Waals surface area contributed by atoms with E-state index in [1.165, 1.54) is 36.5 Å². The summed E-state index contributed by atoms with van der Waals surface area (Å²) in [5.41, 5.74) is 1.58. The number of carbonyl (C=O) groups is 3. The topological polar surface area (TPSA) is 124 Å². The fraction of sp³-hybridized carbons (Fsp3) is 0.118. The molecule has 0 atom stereocenters. The van der Waals surface area contributed by atoms with Crippen molar-refractivity contribution in [1.29, 1.82) is 0 Å². The Labute approximate surface area is 210 Å². The van der Waals surface area contributed by atoms with Gasteiger partial charge in [0.2, 0.25) is 5.91 Å². The third-order valence-corrected chi connectivity index (χ3v) is 5.30. The Morgan fingerprint density at radius 1 is 1.14 bits per heavy atom. The van der Waals surface area contributed by atoms with Crippen molar-refractivity contribution in [3.63, 3.8) is 0 Å². The number of nitrogens with zero attached hydrogens (tertiary/aromatic N) is 2. The Morgan fingerprint density at radius 3 is 2.57 bits per heavy atom. The van der Waals surface area contributed by atoms with Crippen molar-refractivity contribution in [3.8, 4) is 10.6 Å². The van der Waals surface area contributed by atoms with Gasteiger partial charge in [-0.05, 0) is 24.6 Å². The fourth-order valence-electron chi connectivity index (χ4n) is 2.23. The number of hydrogen-bond acceptors (Lipinski definition) is 8. The molecule has 138 valence electrons. The number of thiazole rings is 2. The van der Waals surface area contributed by atoms with E-state index in [4.69, 9.17) is 0 Å². The van der Waals surface area contributed by atoms with Gasteiger partial charge in [-0.15, -0.1) is 11.3 Å². The molecule has 2 heterocycles. The second-order valence-corrected chi connectivity index (χ2v) is 7.33. The fourth-order valence-corrected chi connectivity index (χ4v) is 3.98. The molecule has 8 nitrogen and oxygen atoms in total. The number of anilines is 2. The summed E-state index contributed by atoms with van der Waals surface area (Å²) < 4.78 is 0. The van der Waals surface area contributed by atoms with Gasteiger partial charge >= 0.3 is 51.4 Å². The van der Waals surface area contributed by atoms with Crippen molar-refractivity contribution in [2.75, 3.05) is 10.6 Å². The van der Waals surface area contributed by atoms with E-state index in [9.17, 15) is 19.5 Å². The maximum atomic E-state index is 12.4. The Balaban J connectivity index is 0.00000280. The molecule has 2 aromatic heterocycles. The molecule has 0 aliphatic carbocycles. The van der Waals surface area contributed by atoms with Crippen LogP contribution in [0.4, 0.5) is 10.8 Å². The van der Waals surface area contributed by atoms with Crippen LogP contribution in [0.5, 0.6) is 0 Å². The second kappa shape index (κ2) is 9.83. The number of nitrogens with one attached hydrogen (secondary N) is 2. The van der Waals surface area contributed by atoms with Gasteiger partial charge in [-0.1, -0.05) is 23.5 Å². The summed E-state index contributed by atoms with van der Waals surface area (Å²) in [4.78, 5) is 43.8. The van der Waals surface area contributed by atoms with Crippen LogP contribution < -0.4 is 67.1 Å². The summed E-state index contributed by atoms with van der Waals surface area (Å²) in [5.74, 6) is -1.99. The second-order valence-electron chi connectivity index (χ2n) is 5.48. The number of carbonyl (C=O) groups excluding carboxylic acids is 3. The average molecular weight is 441 g/mol. The van der Waals surface area contributed by atoms with Crippen LogP contribution in [0.15, 0.2) is 29.6 Å². The first-order valence-electron chi connectivity index (χ1n) is 7.67. The van der Waals surface area contributed by atoms with Gasteiger partial charge in [0.15, 0.2) is 10.1 Å². The summed E-state index contributed by atoms with van der Waals surface area (Å²) in [6.07, 6.45) is 0. The zero-order chi connectivity index (χ0) is 19.6. The third-order valence-electron chi connectivity index (χ3n) is 3.37. The number of amides is 2. The van der Waals surface area contributed by atoms with Crippen molar-refractivity contribution in [2.45, 2.75) is 13.8 Å². The van der Waals surface area contributed by atoms with Crippen LogP contribution in [0.2, 0.25) is 0 Å². The van der Waals surface area contributed by atoms with Crippen LogP contribution >= 0.6 is 22.7 Å². The van der Waals surface area contributed by atoms with E-state index in [-0.39, 0.29) is 67.9 Å². The molecule has 2 amide bonds. The summed E-state index contributed by atoms with van der Waals surface area (Å²) in [6, 6.07) is 5.78. The summed E-state index contributed by atoms with van der Waals surface area (Å²) in [7, 11) is 0. The van der Waals surface area contributed by atoms with Crippen molar-refractivity contribution >= 4 is 51.3 Å². The van der Waals surface area contributed by atoms with Crippen LogP contribution in [0.1, 0.15) is 32.8 Å². The molecule has 2 N–H and O–H groups in total. The summed E-state index contributed by atoms with van der Waals surface area (Å²) in [5, 5.41) is 18.6. The molecule has 0 radical (unpaired) electrons. The first-order valence-corrected chi connectivity index (χ1v) is 9.37. The number of rotatable bonds is 5. The van der Waals surface area contributed by atoms with Crippen molar-refractivity contribution in [3.05, 3.63) is 45.9 Å². The molecular weight excluding hydrogens is 427 g/mol. The molecule has 11 heteroatoms. The molecular formula is C17H13KN4O4S2. The summed E-state index contributed by atoms with van der Waals surface area (Å²) >= 11 is 2.43. The maximum absolute atomic E-state index is 12.4. The predicted octanol–water partition coefficient (Wildman–Crippen LogP) is -0.847. The number of aryl methyl sites for hydroxylation is 1. The molecule has 0 bridgehead atoms. The minimum atomic E-state index is -1.32. The van der Waals surface area contributed by atoms with Gasteiger partial charge in [-0.3, -0.25) is 9.59 Å². The van der Waals surface area contributed by atoms with Gasteiger partial charge in [0.25, 0.3) is 5.91 Å². The van der Waals surface area contributed by atoms with Crippen molar-refractivity contribution in [2.24, 2.45) is 0 Å². The quantitative estimate of drug-likeness (QED) is 0.498. The number of aromatic carboxylic acids is 1. The number of benzene rings is 1. The Bertz CT molecular complexity index is 1050. The van der Waals surface area contributed by atoms with Gasteiger partial charge in [0.05, 0.1) is 22.2 Å². The molecule has 1 aromatic carbocycles. The van der Waals surface area contributed by atoms with E-state index in [0.29, 0.717) is 22.2 Å². The van der Waals surface area contributed by atoms with Crippen LogP contribution in [0.25, 0.3) is 10.6 Å². The molecule has 0 aliphatic rings. The number of hydrogen-bond donors (Lipinski definition) is 2. The van der Waals surface area contributed by atoms with Gasteiger partial charge < -0.3 is 20.5 Å². The van der Waals surface area contributed by atoms with Gasteiger partial charge in [0, 0.05) is 18.0 Å². The third kappa shape index (κ3) is 5.53. The largest absolute Gasteiger partial charge is 1.00 e. The van der Waals surface area contributed by atoms with E-state index in [0.717, 1.165) is 16.2 Å². The number of aromatic nitrogens is 2. The van der Waals surface area contributed by atoms with Crippen LogP contribution in [0.3, 0.4) is 0 Å². The minimum absolute atomic E-state index is 0. The Morgan fingerprint density at radius 2 is 1.89 bits per heavy atom. The monoisotopic (exact) mass is 440 g/mol. The predicted molar refractivity (Wildman–Crippen MR) is 101 cm³/mol. The van der Waals surface area contributed by atoms with Gasteiger partial charge in [-0.2, -0.15) is 0 Å². The van der Waals surface area contributed by atoms with E-state index in [1.54, 1.807) is 18.4 Å². The SMILES string of the molecule is CC(=O)Nc1nc(C)c(-c2csc(C(=O)Nc3cccc(C(=O)[O-])c3)n2)s1.[K+]. The van der Waals surface area contributed by atoms with Crippen LogP contribution in [-0.2, 0) is 4.79 Å². The molecule has 28 heavy (non-hydrogen) atoms. The molecule has 0 saturated carbocycles. The first-order chi connectivity index (χ1) is 12.8. The Kier molecular flexibility index (Phi) is 8.01. The van der Waals surface area contributed by atoms with Gasteiger partial charge in [-0.25, -0.2) is 9.97 Å².